The van der Waals surface area contributed by atoms with E-state index in [1.54, 1.807) is 62.6 Å². The van der Waals surface area contributed by atoms with Crippen molar-refractivity contribution in [2.24, 2.45) is 0 Å². The summed E-state index contributed by atoms with van der Waals surface area (Å²) < 4.78 is 16.5. The molecule has 0 saturated carbocycles. The highest BCUT2D eigenvalue weighted by Crippen LogP contribution is 2.35. The lowest BCUT2D eigenvalue weighted by Gasteiger charge is -2.17. The van der Waals surface area contributed by atoms with Crippen LogP contribution in [0.1, 0.15) is 24.2 Å². The van der Waals surface area contributed by atoms with Crippen molar-refractivity contribution in [3.05, 3.63) is 82.4 Å². The van der Waals surface area contributed by atoms with Crippen LogP contribution in [-0.4, -0.2) is 30.5 Å². The molecule has 7 nitrogen and oxygen atoms in total. The zero-order valence-electron chi connectivity index (χ0n) is 17.5. The first-order valence-electron chi connectivity index (χ1n) is 9.79. The zero-order chi connectivity index (χ0) is 22.4. The van der Waals surface area contributed by atoms with Crippen LogP contribution in [0.25, 0.3) is 11.1 Å². The van der Waals surface area contributed by atoms with Gasteiger partial charge in [-0.05, 0) is 61.9 Å². The molecule has 3 aromatic carbocycles. The van der Waals surface area contributed by atoms with Gasteiger partial charge in [-0.2, -0.15) is 0 Å². The van der Waals surface area contributed by atoms with Crippen molar-refractivity contribution in [2.75, 3.05) is 13.7 Å². The Bertz CT molecular complexity index is 1060. The fourth-order valence-corrected chi connectivity index (χ4v) is 3.09. The van der Waals surface area contributed by atoms with Crippen LogP contribution in [0.3, 0.4) is 0 Å². The molecule has 3 aromatic rings. The first-order chi connectivity index (χ1) is 14.9. The third-order valence-electron chi connectivity index (χ3n) is 4.70. The maximum Gasteiger partial charge on any atom is 0.270 e. The van der Waals surface area contributed by atoms with Crippen LogP contribution in [0.2, 0.25) is 0 Å². The molecule has 0 amide bonds. The zero-order valence-corrected chi connectivity index (χ0v) is 17.5. The molecule has 160 valence electrons. The molecule has 0 saturated heterocycles. The number of hydrogen-bond acceptors (Lipinski definition) is 6. The lowest BCUT2D eigenvalue weighted by atomic mass is 10.0. The van der Waals surface area contributed by atoms with E-state index in [1.807, 2.05) is 6.92 Å². The van der Waals surface area contributed by atoms with E-state index in [4.69, 9.17) is 14.2 Å². The van der Waals surface area contributed by atoms with Gasteiger partial charge in [0.25, 0.3) is 5.69 Å². The number of nitro groups is 1. The lowest BCUT2D eigenvalue weighted by Crippen LogP contribution is -2.24. The normalized spacial score (nSPS) is 11.5. The van der Waals surface area contributed by atoms with Crippen molar-refractivity contribution in [1.29, 1.82) is 0 Å². The second kappa shape index (κ2) is 9.75. The molecule has 31 heavy (non-hydrogen) atoms. The molecular formula is C24H23NO6. The molecule has 0 heterocycles. The summed E-state index contributed by atoms with van der Waals surface area (Å²) in [5, 5.41) is 11.3. The molecule has 0 fully saturated rings. The summed E-state index contributed by atoms with van der Waals surface area (Å²) in [6.07, 6.45) is -0.795. The van der Waals surface area contributed by atoms with Crippen LogP contribution in [-0.2, 0) is 0 Å². The number of benzene rings is 3. The van der Waals surface area contributed by atoms with Gasteiger partial charge in [0, 0.05) is 23.3 Å². The molecule has 1 atom stereocenters. The molecule has 7 heteroatoms. The minimum atomic E-state index is -0.795. The van der Waals surface area contributed by atoms with Crippen molar-refractivity contribution in [2.45, 2.75) is 20.0 Å². The minimum absolute atomic E-state index is 0.0661. The van der Waals surface area contributed by atoms with Crippen molar-refractivity contribution in [3.63, 3.8) is 0 Å². The Kier molecular flexibility index (Phi) is 6.87. The minimum Gasteiger partial charge on any atom is -0.497 e. The number of ether oxygens (including phenoxy) is 3. The van der Waals surface area contributed by atoms with Crippen LogP contribution in [0, 0.1) is 10.1 Å². The summed E-state index contributed by atoms with van der Waals surface area (Å²) in [7, 11) is 1.56. The van der Waals surface area contributed by atoms with Gasteiger partial charge < -0.3 is 14.2 Å². The number of non-ortho nitro benzene ring substituents is 1. The van der Waals surface area contributed by atoms with Gasteiger partial charge in [0.15, 0.2) is 6.10 Å². The van der Waals surface area contributed by atoms with Crippen molar-refractivity contribution in [3.8, 4) is 28.4 Å². The Hall–Kier alpha value is -3.87. The van der Waals surface area contributed by atoms with Gasteiger partial charge in [-0.25, -0.2) is 0 Å². The van der Waals surface area contributed by atoms with Crippen LogP contribution >= 0.6 is 0 Å². The van der Waals surface area contributed by atoms with E-state index in [0.717, 1.165) is 0 Å². The van der Waals surface area contributed by atoms with Gasteiger partial charge in [0.2, 0.25) is 5.78 Å². The number of carbonyl (C=O) groups excluding carboxylic acids is 1. The fourth-order valence-electron chi connectivity index (χ4n) is 3.09. The first-order valence-corrected chi connectivity index (χ1v) is 9.79. The smallest absolute Gasteiger partial charge is 0.270 e. The van der Waals surface area contributed by atoms with E-state index >= 15 is 0 Å². The summed E-state index contributed by atoms with van der Waals surface area (Å²) in [6, 6.07) is 18.2. The first kappa shape index (κ1) is 21.8. The molecule has 0 unspecified atom stereocenters. The Balaban J connectivity index is 1.88. The van der Waals surface area contributed by atoms with Crippen LogP contribution in [0.5, 0.6) is 17.2 Å². The predicted molar refractivity (Wildman–Crippen MR) is 117 cm³/mol. The number of rotatable bonds is 9. The highest BCUT2D eigenvalue weighted by molar-refractivity contribution is 5.99. The second-order valence-corrected chi connectivity index (χ2v) is 6.75. The number of nitro benzene ring substituents is 1. The number of ketones is 1. The van der Waals surface area contributed by atoms with E-state index in [9.17, 15) is 14.9 Å². The highest BCUT2D eigenvalue weighted by atomic mass is 16.6. The largest absolute Gasteiger partial charge is 0.497 e. The predicted octanol–water partition coefficient (Wildman–Crippen LogP) is 5.32. The van der Waals surface area contributed by atoms with Gasteiger partial charge in [0.05, 0.1) is 18.6 Å². The summed E-state index contributed by atoms with van der Waals surface area (Å²) in [4.78, 5) is 23.6. The van der Waals surface area contributed by atoms with Gasteiger partial charge in [-0.3, -0.25) is 14.9 Å². The average molecular weight is 421 g/mol. The van der Waals surface area contributed by atoms with Crippen molar-refractivity contribution < 1.29 is 23.9 Å². The molecule has 0 spiro atoms. The summed E-state index contributed by atoms with van der Waals surface area (Å²) in [5.74, 6) is 1.52. The van der Waals surface area contributed by atoms with E-state index in [0.29, 0.717) is 40.5 Å². The van der Waals surface area contributed by atoms with Crippen molar-refractivity contribution >= 4 is 11.5 Å². The fraction of sp³-hybridized carbons (Fsp3) is 0.208. The number of nitrogens with zero attached hydrogens (tertiary/aromatic N) is 1. The van der Waals surface area contributed by atoms with Gasteiger partial charge in [0.1, 0.15) is 17.2 Å². The SMILES string of the molecule is CCOc1ccc(C(=O)[C@@H](C)Oc2ccc([N+](=O)[O-])cc2-c2ccc(OC)cc2)cc1. The molecule has 0 aliphatic rings. The third kappa shape index (κ3) is 5.19. The Morgan fingerprint density at radius 2 is 1.65 bits per heavy atom. The number of carbonyl (C=O) groups is 1. The number of Topliss-reactive ketones (excluding diaryl/α,β-unsaturated/α-hetero) is 1. The number of methoxy groups -OCH3 is 1. The highest BCUT2D eigenvalue weighted by Gasteiger charge is 2.21. The van der Waals surface area contributed by atoms with Crippen LogP contribution < -0.4 is 14.2 Å². The van der Waals surface area contributed by atoms with Gasteiger partial charge >= 0.3 is 0 Å². The Labute approximate surface area is 180 Å². The monoisotopic (exact) mass is 421 g/mol. The Morgan fingerprint density at radius 1 is 1.00 bits per heavy atom. The van der Waals surface area contributed by atoms with Crippen LogP contribution in [0.4, 0.5) is 5.69 Å². The molecule has 0 aliphatic carbocycles. The topological polar surface area (TPSA) is 87.9 Å². The van der Waals surface area contributed by atoms with Gasteiger partial charge in [-0.15, -0.1) is 0 Å². The number of hydrogen-bond donors (Lipinski definition) is 0. The Morgan fingerprint density at radius 3 is 2.23 bits per heavy atom. The van der Waals surface area contributed by atoms with Gasteiger partial charge in [-0.1, -0.05) is 12.1 Å². The molecular weight excluding hydrogens is 398 g/mol. The molecule has 0 aliphatic heterocycles. The average Bonchev–Trinajstić information content (AvgIpc) is 2.79. The third-order valence-corrected chi connectivity index (χ3v) is 4.70. The summed E-state index contributed by atoms with van der Waals surface area (Å²) in [6.45, 7) is 4.08. The van der Waals surface area contributed by atoms with E-state index in [-0.39, 0.29) is 11.5 Å². The summed E-state index contributed by atoms with van der Waals surface area (Å²) >= 11 is 0. The maximum atomic E-state index is 12.8. The quantitative estimate of drug-likeness (QED) is 0.264. The molecule has 3 rings (SSSR count). The molecule has 0 radical (unpaired) electrons. The second-order valence-electron chi connectivity index (χ2n) is 6.75. The summed E-state index contributed by atoms with van der Waals surface area (Å²) in [5.41, 5.74) is 1.65. The molecule has 0 N–H and O–H groups in total. The van der Waals surface area contributed by atoms with E-state index in [2.05, 4.69) is 0 Å². The van der Waals surface area contributed by atoms with Crippen molar-refractivity contribution in [1.82, 2.24) is 0 Å². The van der Waals surface area contributed by atoms with E-state index in [1.165, 1.54) is 18.2 Å². The lowest BCUT2D eigenvalue weighted by molar-refractivity contribution is -0.384. The molecule has 0 bridgehead atoms. The van der Waals surface area contributed by atoms with E-state index < -0.39 is 11.0 Å². The van der Waals surface area contributed by atoms with Crippen LogP contribution in [0.15, 0.2) is 66.7 Å². The molecule has 0 aromatic heterocycles. The maximum absolute atomic E-state index is 12.8. The standard InChI is InChI=1S/C24H23NO6/c1-4-30-21-12-7-18(8-13-21)24(26)16(2)31-23-14-9-19(25(27)28)15-22(23)17-5-10-20(29-3)11-6-17/h5-16H,4H2,1-3H3/t16-/m1/s1.